The molecule has 110 valence electrons. The molecule has 2 fully saturated rings. The maximum Gasteiger partial charge on any atom is 0.236 e. The van der Waals surface area contributed by atoms with Crippen molar-refractivity contribution >= 4 is 5.91 Å². The molecule has 0 aromatic heterocycles. The van der Waals surface area contributed by atoms with Crippen molar-refractivity contribution < 1.29 is 9.53 Å². The summed E-state index contributed by atoms with van der Waals surface area (Å²) in [5.41, 5.74) is 0.152. The Hall–Kier alpha value is -0.610. The smallest absolute Gasteiger partial charge is 0.236 e. The van der Waals surface area contributed by atoms with Gasteiger partial charge in [0.05, 0.1) is 12.6 Å². The van der Waals surface area contributed by atoms with Gasteiger partial charge >= 0.3 is 0 Å². The number of nitrogens with zero attached hydrogens (tertiary/aromatic N) is 1. The van der Waals surface area contributed by atoms with Crippen LogP contribution in [0.3, 0.4) is 0 Å². The first-order valence-electron chi connectivity index (χ1n) is 7.60. The second kappa shape index (κ2) is 5.80. The number of hydrogen-bond acceptors (Lipinski definition) is 3. The van der Waals surface area contributed by atoms with Gasteiger partial charge in [-0.3, -0.25) is 4.79 Å². The number of carbonyl (C=O) groups excluding carboxylic acids is 1. The van der Waals surface area contributed by atoms with Crippen LogP contribution in [0.1, 0.15) is 46.0 Å². The Morgan fingerprint density at radius 3 is 2.47 bits per heavy atom. The predicted octanol–water partition coefficient (Wildman–Crippen LogP) is 1.79. The topological polar surface area (TPSA) is 41.6 Å². The fourth-order valence-corrected chi connectivity index (χ4v) is 3.60. The van der Waals surface area contributed by atoms with E-state index in [0.29, 0.717) is 24.7 Å². The standard InChI is InChI=1S/C15H28N2O2/c1-5-15(6-2)12(9-13(15)19-4)17(3)14(18)10-16-11-7-8-11/h11-13,16H,5-10H2,1-4H3. The maximum absolute atomic E-state index is 12.2. The summed E-state index contributed by atoms with van der Waals surface area (Å²) < 4.78 is 5.60. The minimum Gasteiger partial charge on any atom is -0.381 e. The number of amides is 1. The van der Waals surface area contributed by atoms with E-state index in [1.54, 1.807) is 7.11 Å². The molecule has 0 aromatic rings. The van der Waals surface area contributed by atoms with Crippen molar-refractivity contribution in [3.05, 3.63) is 0 Å². The summed E-state index contributed by atoms with van der Waals surface area (Å²) in [4.78, 5) is 14.2. The summed E-state index contributed by atoms with van der Waals surface area (Å²) >= 11 is 0. The van der Waals surface area contributed by atoms with E-state index in [-0.39, 0.29) is 11.3 Å². The van der Waals surface area contributed by atoms with E-state index < -0.39 is 0 Å². The summed E-state index contributed by atoms with van der Waals surface area (Å²) in [5, 5.41) is 3.31. The monoisotopic (exact) mass is 268 g/mol. The zero-order valence-electron chi connectivity index (χ0n) is 12.7. The Kier molecular flexibility index (Phi) is 4.51. The van der Waals surface area contributed by atoms with Crippen LogP contribution in [-0.4, -0.2) is 49.7 Å². The number of likely N-dealkylation sites (N-methyl/N-ethyl adjacent to an activating group) is 1. The Bertz CT molecular complexity index is 324. The Labute approximate surface area is 116 Å². The van der Waals surface area contributed by atoms with Gasteiger partial charge in [-0.15, -0.1) is 0 Å². The number of carbonyl (C=O) groups is 1. The number of nitrogens with one attached hydrogen (secondary N) is 1. The minimum atomic E-state index is 0.152. The molecule has 0 aromatic carbocycles. The maximum atomic E-state index is 12.2. The average molecular weight is 268 g/mol. The molecule has 0 bridgehead atoms. The van der Waals surface area contributed by atoms with Gasteiger partial charge in [-0.05, 0) is 32.1 Å². The second-order valence-electron chi connectivity index (χ2n) is 6.08. The van der Waals surface area contributed by atoms with Gasteiger partial charge in [-0.1, -0.05) is 13.8 Å². The van der Waals surface area contributed by atoms with Crippen molar-refractivity contribution in [1.82, 2.24) is 10.2 Å². The Morgan fingerprint density at radius 2 is 2.00 bits per heavy atom. The third-order valence-corrected chi connectivity index (χ3v) is 5.32. The Balaban J connectivity index is 1.93. The molecule has 1 N–H and O–H groups in total. The van der Waals surface area contributed by atoms with E-state index in [2.05, 4.69) is 19.2 Å². The lowest BCUT2D eigenvalue weighted by Crippen LogP contribution is -2.65. The highest BCUT2D eigenvalue weighted by atomic mass is 16.5. The van der Waals surface area contributed by atoms with Gasteiger partial charge in [0.25, 0.3) is 0 Å². The van der Waals surface area contributed by atoms with Crippen LogP contribution < -0.4 is 5.32 Å². The van der Waals surface area contributed by atoms with Crippen molar-refractivity contribution in [2.24, 2.45) is 5.41 Å². The van der Waals surface area contributed by atoms with Crippen LogP contribution in [-0.2, 0) is 9.53 Å². The largest absolute Gasteiger partial charge is 0.381 e. The van der Waals surface area contributed by atoms with Crippen LogP contribution in [0, 0.1) is 5.41 Å². The van der Waals surface area contributed by atoms with Gasteiger partial charge in [0, 0.05) is 31.7 Å². The van der Waals surface area contributed by atoms with Crippen LogP contribution >= 0.6 is 0 Å². The molecule has 0 spiro atoms. The first-order chi connectivity index (χ1) is 9.08. The Morgan fingerprint density at radius 1 is 1.37 bits per heavy atom. The molecule has 0 radical (unpaired) electrons. The highest BCUT2D eigenvalue weighted by molar-refractivity contribution is 5.78. The van der Waals surface area contributed by atoms with Gasteiger partial charge in [-0.2, -0.15) is 0 Å². The fourth-order valence-electron chi connectivity index (χ4n) is 3.60. The zero-order valence-corrected chi connectivity index (χ0v) is 12.7. The molecule has 0 heterocycles. The predicted molar refractivity (Wildman–Crippen MR) is 76.0 cm³/mol. The molecule has 2 atom stereocenters. The van der Waals surface area contributed by atoms with E-state index >= 15 is 0 Å². The van der Waals surface area contributed by atoms with E-state index in [0.717, 1.165) is 19.3 Å². The molecular formula is C15H28N2O2. The van der Waals surface area contributed by atoms with Gasteiger partial charge < -0.3 is 15.0 Å². The summed E-state index contributed by atoms with van der Waals surface area (Å²) in [5.74, 6) is 0.220. The van der Waals surface area contributed by atoms with E-state index in [9.17, 15) is 4.79 Å². The minimum absolute atomic E-state index is 0.152. The van der Waals surface area contributed by atoms with E-state index in [1.807, 2.05) is 11.9 Å². The van der Waals surface area contributed by atoms with Crippen molar-refractivity contribution in [2.45, 2.75) is 64.1 Å². The van der Waals surface area contributed by atoms with Gasteiger partial charge in [0.1, 0.15) is 0 Å². The van der Waals surface area contributed by atoms with Crippen LogP contribution in [0.4, 0.5) is 0 Å². The van der Waals surface area contributed by atoms with Crippen molar-refractivity contribution in [1.29, 1.82) is 0 Å². The number of hydrogen-bond donors (Lipinski definition) is 1. The first-order valence-corrected chi connectivity index (χ1v) is 7.60. The fraction of sp³-hybridized carbons (Fsp3) is 0.933. The number of ether oxygens (including phenoxy) is 1. The van der Waals surface area contributed by atoms with Crippen LogP contribution in [0.5, 0.6) is 0 Å². The van der Waals surface area contributed by atoms with Crippen molar-refractivity contribution in [2.75, 3.05) is 20.7 Å². The molecule has 0 aliphatic heterocycles. The summed E-state index contributed by atoms with van der Waals surface area (Å²) in [6.45, 7) is 4.91. The molecule has 2 aliphatic carbocycles. The quantitative estimate of drug-likeness (QED) is 0.765. The SMILES string of the molecule is CCC1(CC)C(OC)CC1N(C)C(=O)CNC1CC1. The molecule has 2 rings (SSSR count). The van der Waals surface area contributed by atoms with Crippen LogP contribution in [0.15, 0.2) is 0 Å². The zero-order chi connectivity index (χ0) is 14.0. The third kappa shape index (κ3) is 2.65. The second-order valence-corrected chi connectivity index (χ2v) is 6.08. The molecule has 0 saturated heterocycles. The van der Waals surface area contributed by atoms with E-state index in [1.165, 1.54) is 12.8 Å². The van der Waals surface area contributed by atoms with E-state index in [4.69, 9.17) is 4.74 Å². The third-order valence-electron chi connectivity index (χ3n) is 5.32. The number of methoxy groups -OCH3 is 1. The van der Waals surface area contributed by atoms with Crippen molar-refractivity contribution in [3.63, 3.8) is 0 Å². The molecule has 2 aliphatic rings. The molecule has 4 heteroatoms. The van der Waals surface area contributed by atoms with Gasteiger partial charge in [-0.25, -0.2) is 0 Å². The molecule has 2 saturated carbocycles. The molecule has 4 nitrogen and oxygen atoms in total. The average Bonchev–Trinajstić information content (AvgIpc) is 3.21. The molecule has 2 unspecified atom stereocenters. The summed E-state index contributed by atoms with van der Waals surface area (Å²) in [7, 11) is 3.74. The van der Waals surface area contributed by atoms with Crippen molar-refractivity contribution in [3.8, 4) is 0 Å². The van der Waals surface area contributed by atoms with Gasteiger partial charge in [0.15, 0.2) is 0 Å². The lowest BCUT2D eigenvalue weighted by Gasteiger charge is -2.57. The molecule has 19 heavy (non-hydrogen) atoms. The normalized spacial score (nSPS) is 28.8. The number of rotatable bonds is 7. The molecule has 1 amide bonds. The summed E-state index contributed by atoms with van der Waals surface area (Å²) in [6, 6.07) is 0.925. The summed E-state index contributed by atoms with van der Waals surface area (Å²) in [6.07, 6.45) is 5.86. The van der Waals surface area contributed by atoms with Gasteiger partial charge in [0.2, 0.25) is 5.91 Å². The molecular weight excluding hydrogens is 240 g/mol. The van der Waals surface area contributed by atoms with Crippen LogP contribution in [0.25, 0.3) is 0 Å². The lowest BCUT2D eigenvalue weighted by atomic mass is 9.58. The van der Waals surface area contributed by atoms with Crippen LogP contribution in [0.2, 0.25) is 0 Å². The lowest BCUT2D eigenvalue weighted by molar-refractivity contribution is -0.169. The highest BCUT2D eigenvalue weighted by Gasteiger charge is 2.55. The highest BCUT2D eigenvalue weighted by Crippen LogP contribution is 2.50. The first kappa shape index (κ1) is 14.8.